The molecule has 0 aliphatic rings. The van der Waals surface area contributed by atoms with Gasteiger partial charge in [0.15, 0.2) is 0 Å². The van der Waals surface area contributed by atoms with Crippen molar-refractivity contribution in [1.29, 1.82) is 0 Å². The Morgan fingerprint density at radius 2 is 1.55 bits per heavy atom. The maximum Gasteiger partial charge on any atom is 0.132 e. The molecule has 0 saturated carbocycles. The largest absolute Gasteiger partial charge is 0.400 e. The first-order chi connectivity index (χ1) is 5.30. The number of aliphatic hydroxyl groups is 1. The zero-order valence-electron chi connectivity index (χ0n) is 6.17. The molecule has 0 fully saturated rings. The van der Waals surface area contributed by atoms with Crippen LogP contribution in [0.4, 0.5) is 0 Å². The van der Waals surface area contributed by atoms with Gasteiger partial charge >= 0.3 is 0 Å². The number of alkyl halides is 2. The van der Waals surface area contributed by atoms with Crippen molar-refractivity contribution in [2.75, 3.05) is 7.11 Å². The fourth-order valence-electron chi connectivity index (χ4n) is 0.599. The molecule has 1 N–H and O–H groups in total. The van der Waals surface area contributed by atoms with Crippen molar-refractivity contribution in [1.82, 2.24) is 0 Å². The summed E-state index contributed by atoms with van der Waals surface area (Å²) in [5, 5.41) is 7.00. The van der Waals surface area contributed by atoms with E-state index in [2.05, 4.69) is 0 Å². The monoisotopic (exact) mass is 192 g/mol. The van der Waals surface area contributed by atoms with Gasteiger partial charge in [-0.2, -0.15) is 0 Å². The zero-order valence-corrected chi connectivity index (χ0v) is 7.68. The van der Waals surface area contributed by atoms with E-state index in [1.807, 2.05) is 30.3 Å². The van der Waals surface area contributed by atoms with Gasteiger partial charge in [-0.15, -0.1) is 23.2 Å². The maximum atomic E-state index is 7.00. The van der Waals surface area contributed by atoms with Crippen molar-refractivity contribution in [2.24, 2.45) is 0 Å². The molecule has 3 heteroatoms. The van der Waals surface area contributed by atoms with Crippen LogP contribution in [0.3, 0.4) is 0 Å². The highest BCUT2D eigenvalue weighted by atomic mass is 35.5. The molecule has 0 amide bonds. The van der Waals surface area contributed by atoms with E-state index in [1.165, 1.54) is 0 Å². The molecule has 1 nitrogen and oxygen atoms in total. The molecular weight excluding hydrogens is 183 g/mol. The summed E-state index contributed by atoms with van der Waals surface area (Å²) in [4.78, 5) is -0.397. The highest BCUT2D eigenvalue weighted by Gasteiger charge is 1.98. The average Bonchev–Trinajstić information content (AvgIpc) is 2.10. The van der Waals surface area contributed by atoms with E-state index in [0.717, 1.165) is 12.7 Å². The van der Waals surface area contributed by atoms with E-state index < -0.39 is 4.84 Å². The number of hydrogen-bond donors (Lipinski definition) is 1. The highest BCUT2D eigenvalue weighted by molar-refractivity contribution is 6.44. The molecule has 0 aromatic heterocycles. The highest BCUT2D eigenvalue weighted by Crippen LogP contribution is 2.23. The molecule has 0 unspecified atom stereocenters. The zero-order chi connectivity index (χ0) is 8.69. The van der Waals surface area contributed by atoms with Crippen molar-refractivity contribution >= 4 is 23.2 Å². The van der Waals surface area contributed by atoms with Crippen LogP contribution in [-0.4, -0.2) is 12.2 Å². The van der Waals surface area contributed by atoms with Crippen LogP contribution in [0.15, 0.2) is 30.3 Å². The molecule has 1 rings (SSSR count). The summed E-state index contributed by atoms with van der Waals surface area (Å²) in [6.45, 7) is 0. The van der Waals surface area contributed by atoms with Gasteiger partial charge in [0, 0.05) is 7.11 Å². The van der Waals surface area contributed by atoms with Crippen LogP contribution in [0, 0.1) is 0 Å². The SMILES string of the molecule is CO.ClC(Cl)c1ccccc1. The van der Waals surface area contributed by atoms with Gasteiger partial charge in [0.05, 0.1) is 0 Å². The summed E-state index contributed by atoms with van der Waals surface area (Å²) in [6.07, 6.45) is 0. The smallest absolute Gasteiger partial charge is 0.132 e. The lowest BCUT2D eigenvalue weighted by atomic mass is 10.2. The first kappa shape index (κ1) is 10.8. The molecule has 0 heterocycles. The van der Waals surface area contributed by atoms with Gasteiger partial charge < -0.3 is 5.11 Å². The molecule has 0 spiro atoms. The van der Waals surface area contributed by atoms with Gasteiger partial charge in [0.1, 0.15) is 4.84 Å². The Labute approximate surface area is 76.6 Å². The number of rotatable bonds is 1. The normalized spacial score (nSPS) is 8.82. The molecule has 1 aromatic rings. The van der Waals surface area contributed by atoms with Gasteiger partial charge in [-0.25, -0.2) is 0 Å². The Balaban J connectivity index is 0.000000461. The second-order valence-corrected chi connectivity index (χ2v) is 2.81. The van der Waals surface area contributed by atoms with Crippen molar-refractivity contribution in [3.63, 3.8) is 0 Å². The lowest BCUT2D eigenvalue weighted by Gasteiger charge is -1.97. The Kier molecular flexibility index (Phi) is 6.33. The Hall–Kier alpha value is -0.240. The molecule has 0 bridgehead atoms. The van der Waals surface area contributed by atoms with Crippen LogP contribution in [0.5, 0.6) is 0 Å². The summed E-state index contributed by atoms with van der Waals surface area (Å²) in [5.74, 6) is 0. The van der Waals surface area contributed by atoms with Crippen LogP contribution in [0.1, 0.15) is 10.4 Å². The van der Waals surface area contributed by atoms with Crippen LogP contribution in [-0.2, 0) is 0 Å². The van der Waals surface area contributed by atoms with Gasteiger partial charge in [-0.3, -0.25) is 0 Å². The third-order valence-electron chi connectivity index (χ3n) is 1.05. The lowest BCUT2D eigenvalue weighted by molar-refractivity contribution is 0.399. The van der Waals surface area contributed by atoms with Gasteiger partial charge in [0.25, 0.3) is 0 Å². The minimum atomic E-state index is -0.397. The maximum absolute atomic E-state index is 7.00. The van der Waals surface area contributed by atoms with E-state index >= 15 is 0 Å². The fraction of sp³-hybridized carbons (Fsp3) is 0.250. The molecule has 0 atom stereocenters. The van der Waals surface area contributed by atoms with E-state index in [9.17, 15) is 0 Å². The van der Waals surface area contributed by atoms with E-state index in [4.69, 9.17) is 28.3 Å². The first-order valence-electron chi connectivity index (χ1n) is 3.08. The van der Waals surface area contributed by atoms with E-state index in [1.54, 1.807) is 0 Å². The molecule has 62 valence electrons. The van der Waals surface area contributed by atoms with Crippen LogP contribution < -0.4 is 0 Å². The van der Waals surface area contributed by atoms with Gasteiger partial charge in [-0.1, -0.05) is 30.3 Å². The second kappa shape index (κ2) is 6.47. The van der Waals surface area contributed by atoms with Crippen molar-refractivity contribution in [3.05, 3.63) is 35.9 Å². The Bertz CT molecular complexity index is 175. The predicted octanol–water partition coefficient (Wildman–Crippen LogP) is 2.77. The minimum Gasteiger partial charge on any atom is -0.400 e. The number of aliphatic hydroxyl groups excluding tert-OH is 1. The Morgan fingerprint density at radius 3 is 1.82 bits per heavy atom. The minimum absolute atomic E-state index is 0.397. The molecule has 0 radical (unpaired) electrons. The summed E-state index contributed by atoms with van der Waals surface area (Å²) in [7, 11) is 1.00. The Morgan fingerprint density at radius 1 is 1.09 bits per heavy atom. The summed E-state index contributed by atoms with van der Waals surface area (Å²) >= 11 is 11.1. The fourth-order valence-corrected chi connectivity index (χ4v) is 0.889. The summed E-state index contributed by atoms with van der Waals surface area (Å²) < 4.78 is 0. The van der Waals surface area contributed by atoms with Crippen molar-refractivity contribution < 1.29 is 5.11 Å². The number of benzene rings is 1. The molecule has 0 saturated heterocycles. The topological polar surface area (TPSA) is 20.2 Å². The van der Waals surface area contributed by atoms with E-state index in [0.29, 0.717) is 0 Å². The predicted molar refractivity (Wildman–Crippen MR) is 49.0 cm³/mol. The average molecular weight is 193 g/mol. The third kappa shape index (κ3) is 4.25. The van der Waals surface area contributed by atoms with Crippen molar-refractivity contribution in [2.45, 2.75) is 4.84 Å². The van der Waals surface area contributed by atoms with E-state index in [-0.39, 0.29) is 0 Å². The molecule has 0 aliphatic heterocycles. The molecule has 11 heavy (non-hydrogen) atoms. The van der Waals surface area contributed by atoms with Gasteiger partial charge in [0.2, 0.25) is 0 Å². The first-order valence-corrected chi connectivity index (χ1v) is 3.96. The van der Waals surface area contributed by atoms with Gasteiger partial charge in [-0.05, 0) is 5.56 Å². The van der Waals surface area contributed by atoms with Crippen LogP contribution in [0.25, 0.3) is 0 Å². The van der Waals surface area contributed by atoms with Crippen molar-refractivity contribution in [3.8, 4) is 0 Å². The molecule has 0 aliphatic carbocycles. The summed E-state index contributed by atoms with van der Waals surface area (Å²) in [6, 6.07) is 9.54. The third-order valence-corrected chi connectivity index (χ3v) is 1.56. The number of halogens is 2. The second-order valence-electron chi connectivity index (χ2n) is 1.71. The molecule has 1 aromatic carbocycles. The standard InChI is InChI=1S/C7H6Cl2.CH4O/c8-7(9)6-4-2-1-3-5-6;1-2/h1-5,7H;2H,1H3. The number of hydrogen-bond acceptors (Lipinski definition) is 1. The molecular formula is C8H10Cl2O. The summed E-state index contributed by atoms with van der Waals surface area (Å²) in [5.41, 5.74) is 0.945. The van der Waals surface area contributed by atoms with Crippen LogP contribution in [0.2, 0.25) is 0 Å². The lowest BCUT2D eigenvalue weighted by Crippen LogP contribution is -1.76. The van der Waals surface area contributed by atoms with Crippen LogP contribution >= 0.6 is 23.2 Å². The quantitative estimate of drug-likeness (QED) is 0.680.